The first kappa shape index (κ1) is 21.0. The lowest BCUT2D eigenvalue weighted by atomic mass is 10.1. The zero-order valence-electron chi connectivity index (χ0n) is 17.9. The lowest BCUT2D eigenvalue weighted by Gasteiger charge is -2.07. The maximum atomic E-state index is 12.7. The van der Waals surface area contributed by atoms with Gasteiger partial charge in [0.2, 0.25) is 0 Å². The first-order valence-corrected chi connectivity index (χ1v) is 9.92. The third kappa shape index (κ3) is 4.27. The van der Waals surface area contributed by atoms with Crippen molar-refractivity contribution in [1.29, 1.82) is 0 Å². The van der Waals surface area contributed by atoms with Gasteiger partial charge < -0.3 is 18.9 Å². The number of methoxy groups -OCH3 is 2. The van der Waals surface area contributed by atoms with E-state index in [-0.39, 0.29) is 11.5 Å². The molecule has 2 aromatic heterocycles. The number of hydrogen-bond donors (Lipinski definition) is 1. The highest BCUT2D eigenvalue weighted by atomic mass is 16.5. The Balaban J connectivity index is 1.58. The molecule has 0 radical (unpaired) electrons. The molecular formula is C25H22N2O5. The number of aromatic nitrogens is 2. The van der Waals surface area contributed by atoms with Crippen LogP contribution in [0.25, 0.3) is 23.2 Å². The smallest absolute Gasteiger partial charge is 0.330 e. The third-order valence-corrected chi connectivity index (χ3v) is 4.97. The molecule has 0 spiro atoms. The zero-order valence-corrected chi connectivity index (χ0v) is 17.9. The fraction of sp³-hybridized carbons (Fsp3) is 0.120. The number of allylic oxidation sites excluding steroid dienone is 1. The quantitative estimate of drug-likeness (QED) is 0.341. The number of ketones is 1. The van der Waals surface area contributed by atoms with Crippen LogP contribution in [-0.4, -0.2) is 29.6 Å². The Hall–Kier alpha value is -4.26. The number of rotatable bonds is 7. The van der Waals surface area contributed by atoms with Gasteiger partial charge in [0, 0.05) is 11.8 Å². The van der Waals surface area contributed by atoms with Gasteiger partial charge in [0.1, 0.15) is 11.5 Å². The highest BCUT2D eigenvalue weighted by molar-refractivity contribution is 6.07. The standard InChI is InChI=1S/C25H22N2O5/c1-16-7-11-22(32-16)20-15-27(25(29)26-20)19-6-4-5-18(14-19)21(28)10-8-17-9-12-23(30-2)24(13-17)31-3/h4-15H,1-3H3,(H,26,29). The Morgan fingerprint density at radius 1 is 1.03 bits per heavy atom. The third-order valence-electron chi connectivity index (χ3n) is 4.97. The average Bonchev–Trinajstić information content (AvgIpc) is 3.42. The second-order valence-corrected chi connectivity index (χ2v) is 7.12. The van der Waals surface area contributed by atoms with E-state index in [0.717, 1.165) is 11.3 Å². The lowest BCUT2D eigenvalue weighted by Crippen LogP contribution is -2.14. The molecule has 0 fully saturated rings. The number of ether oxygens (including phenoxy) is 2. The summed E-state index contributed by atoms with van der Waals surface area (Å²) in [5.74, 6) is 2.33. The fourth-order valence-corrected chi connectivity index (χ4v) is 3.33. The van der Waals surface area contributed by atoms with Crippen molar-refractivity contribution in [3.8, 4) is 28.6 Å². The van der Waals surface area contributed by atoms with Crippen molar-refractivity contribution >= 4 is 11.9 Å². The minimum Gasteiger partial charge on any atom is -0.493 e. The lowest BCUT2D eigenvalue weighted by molar-refractivity contribution is 0.104. The first-order valence-electron chi connectivity index (χ1n) is 9.92. The van der Waals surface area contributed by atoms with Crippen LogP contribution in [-0.2, 0) is 0 Å². The van der Waals surface area contributed by atoms with E-state index in [1.54, 1.807) is 69.0 Å². The maximum Gasteiger partial charge on any atom is 0.330 e. The van der Waals surface area contributed by atoms with E-state index in [1.165, 1.54) is 10.6 Å². The highest BCUT2D eigenvalue weighted by Gasteiger charge is 2.11. The van der Waals surface area contributed by atoms with E-state index in [1.807, 2.05) is 19.1 Å². The summed E-state index contributed by atoms with van der Waals surface area (Å²) >= 11 is 0. The molecule has 0 aliphatic rings. The molecule has 7 heteroatoms. The van der Waals surface area contributed by atoms with Crippen molar-refractivity contribution in [1.82, 2.24) is 9.55 Å². The summed E-state index contributed by atoms with van der Waals surface area (Å²) in [6.07, 6.45) is 4.84. The minimum atomic E-state index is -0.320. The Morgan fingerprint density at radius 3 is 2.56 bits per heavy atom. The molecule has 0 amide bonds. The molecule has 0 saturated carbocycles. The van der Waals surface area contributed by atoms with Gasteiger partial charge >= 0.3 is 5.69 Å². The van der Waals surface area contributed by atoms with Gasteiger partial charge in [-0.15, -0.1) is 0 Å². The monoisotopic (exact) mass is 430 g/mol. The van der Waals surface area contributed by atoms with Crippen LogP contribution in [0.3, 0.4) is 0 Å². The molecule has 4 aromatic rings. The fourth-order valence-electron chi connectivity index (χ4n) is 3.33. The summed E-state index contributed by atoms with van der Waals surface area (Å²) < 4.78 is 17.5. The number of nitrogens with one attached hydrogen (secondary N) is 1. The molecule has 2 heterocycles. The van der Waals surface area contributed by atoms with Gasteiger partial charge in [-0.25, -0.2) is 4.79 Å². The molecule has 7 nitrogen and oxygen atoms in total. The number of furan rings is 1. The molecule has 0 unspecified atom stereocenters. The van der Waals surface area contributed by atoms with Gasteiger partial charge in [0.05, 0.1) is 19.9 Å². The molecular weight excluding hydrogens is 408 g/mol. The average molecular weight is 430 g/mol. The number of aryl methyl sites for hydroxylation is 1. The summed E-state index contributed by atoms with van der Waals surface area (Å²) in [5.41, 5.74) is 2.08. The SMILES string of the molecule is COc1ccc(C=CC(=O)c2cccc(-n3cc(-c4ccc(C)o4)[nH]c3=O)c2)cc1OC. The minimum absolute atomic E-state index is 0.188. The van der Waals surface area contributed by atoms with Crippen molar-refractivity contribution < 1.29 is 18.7 Å². The van der Waals surface area contributed by atoms with Crippen molar-refractivity contribution in [3.63, 3.8) is 0 Å². The predicted molar refractivity (Wildman–Crippen MR) is 122 cm³/mol. The van der Waals surface area contributed by atoms with Crippen LogP contribution < -0.4 is 15.2 Å². The molecule has 0 aliphatic heterocycles. The van der Waals surface area contributed by atoms with Crippen molar-refractivity contribution in [2.24, 2.45) is 0 Å². The molecule has 4 rings (SSSR count). The van der Waals surface area contributed by atoms with Crippen LogP contribution >= 0.6 is 0 Å². The van der Waals surface area contributed by atoms with E-state index < -0.39 is 0 Å². The van der Waals surface area contributed by atoms with Gasteiger partial charge in [-0.2, -0.15) is 0 Å². The number of imidazole rings is 1. The van der Waals surface area contributed by atoms with Crippen LogP contribution in [0.1, 0.15) is 21.7 Å². The molecule has 0 bridgehead atoms. The molecule has 0 saturated heterocycles. The molecule has 2 aromatic carbocycles. The molecule has 162 valence electrons. The van der Waals surface area contributed by atoms with Crippen molar-refractivity contribution in [3.05, 3.63) is 94.2 Å². The van der Waals surface area contributed by atoms with Crippen LogP contribution in [0.15, 0.2) is 76.1 Å². The van der Waals surface area contributed by atoms with Crippen LogP contribution in [0.2, 0.25) is 0 Å². The number of H-pyrrole nitrogens is 1. The Bertz CT molecular complexity index is 1360. The van der Waals surface area contributed by atoms with Gasteiger partial charge in [0.25, 0.3) is 0 Å². The van der Waals surface area contributed by atoms with Gasteiger partial charge in [0.15, 0.2) is 23.0 Å². The number of carbonyl (C=O) groups is 1. The molecule has 0 atom stereocenters. The van der Waals surface area contributed by atoms with Gasteiger partial charge in [-0.05, 0) is 55.0 Å². The van der Waals surface area contributed by atoms with Crippen LogP contribution in [0.5, 0.6) is 11.5 Å². The van der Waals surface area contributed by atoms with E-state index in [0.29, 0.717) is 34.2 Å². The molecule has 32 heavy (non-hydrogen) atoms. The Morgan fingerprint density at radius 2 is 1.84 bits per heavy atom. The van der Waals surface area contributed by atoms with Gasteiger partial charge in [-0.3, -0.25) is 9.36 Å². The normalized spacial score (nSPS) is 11.1. The first-order chi connectivity index (χ1) is 15.5. The van der Waals surface area contributed by atoms with Crippen LogP contribution in [0.4, 0.5) is 0 Å². The van der Waals surface area contributed by atoms with Crippen LogP contribution in [0, 0.1) is 6.92 Å². The number of nitrogens with zero attached hydrogens (tertiary/aromatic N) is 1. The number of benzene rings is 2. The van der Waals surface area contributed by atoms with E-state index in [2.05, 4.69) is 4.98 Å². The van der Waals surface area contributed by atoms with Gasteiger partial charge in [-0.1, -0.05) is 24.3 Å². The summed E-state index contributed by atoms with van der Waals surface area (Å²) in [5, 5.41) is 0. The second kappa shape index (κ2) is 8.85. The van der Waals surface area contributed by atoms with Crippen molar-refractivity contribution in [2.75, 3.05) is 14.2 Å². The zero-order chi connectivity index (χ0) is 22.7. The molecule has 1 N–H and O–H groups in total. The Labute approximate surface area is 184 Å². The molecule has 0 aliphatic carbocycles. The maximum absolute atomic E-state index is 12.7. The van der Waals surface area contributed by atoms with E-state index in [9.17, 15) is 9.59 Å². The predicted octanol–water partition coefficient (Wildman–Crippen LogP) is 4.65. The highest BCUT2D eigenvalue weighted by Crippen LogP contribution is 2.28. The summed E-state index contributed by atoms with van der Waals surface area (Å²) in [7, 11) is 3.13. The van der Waals surface area contributed by atoms with E-state index >= 15 is 0 Å². The number of hydrogen-bond acceptors (Lipinski definition) is 5. The topological polar surface area (TPSA) is 86.5 Å². The number of carbonyl (C=O) groups excluding carboxylic acids is 1. The van der Waals surface area contributed by atoms with Crippen molar-refractivity contribution in [2.45, 2.75) is 6.92 Å². The number of aromatic amines is 1. The summed E-state index contributed by atoms with van der Waals surface area (Å²) in [6, 6.07) is 15.9. The summed E-state index contributed by atoms with van der Waals surface area (Å²) in [6.45, 7) is 1.84. The Kier molecular flexibility index (Phi) is 5.81. The second-order valence-electron chi connectivity index (χ2n) is 7.12. The van der Waals surface area contributed by atoms with E-state index in [4.69, 9.17) is 13.9 Å². The largest absolute Gasteiger partial charge is 0.493 e. The summed E-state index contributed by atoms with van der Waals surface area (Å²) in [4.78, 5) is 28.0.